The minimum atomic E-state index is -0.146. The van der Waals surface area contributed by atoms with Crippen LogP contribution in [-0.4, -0.2) is 29.9 Å². The molecule has 1 fully saturated rings. The zero-order chi connectivity index (χ0) is 46.4. The van der Waals surface area contributed by atoms with Crippen LogP contribution in [0.4, 0.5) is 0 Å². The van der Waals surface area contributed by atoms with Gasteiger partial charge in [0.15, 0.2) is 34.9 Å². The molecular formula is C64H46N6. The van der Waals surface area contributed by atoms with Gasteiger partial charge >= 0.3 is 0 Å². The molecule has 0 spiro atoms. The molecule has 0 saturated heterocycles. The van der Waals surface area contributed by atoms with Gasteiger partial charge in [-0.2, -0.15) is 0 Å². The molecule has 12 aromatic rings. The van der Waals surface area contributed by atoms with Crippen molar-refractivity contribution < 1.29 is 0 Å². The third-order valence-corrected chi connectivity index (χ3v) is 14.4. The van der Waals surface area contributed by atoms with E-state index in [1.807, 2.05) is 0 Å². The number of nitrogens with zero attached hydrogens (tertiary/aromatic N) is 6. The maximum atomic E-state index is 5.16. The number of aromatic nitrogens is 6. The van der Waals surface area contributed by atoms with Crippen molar-refractivity contribution in [2.24, 2.45) is 0 Å². The summed E-state index contributed by atoms with van der Waals surface area (Å²) in [6.45, 7) is 0. The van der Waals surface area contributed by atoms with E-state index in [0.29, 0.717) is 34.9 Å². The standard InChI is InChI=1S/C64H46N6/c1-10-36-64(37-11-1,56-32-28-46(29-33-56)58-65-60(52-24-20-42-12-2-6-16-48(42)38-52)69-61(66-58)53-25-21-43-13-3-7-17-49(43)39-53)57-34-30-47(31-35-57)59-67-62(54-26-22-44-14-4-8-18-50(44)40-54)70-63(68-59)55-27-23-45-15-5-9-19-51(45)41-55/h2-9,12-35,38-41H,1,10-11,36-37H2. The van der Waals surface area contributed by atoms with Gasteiger partial charge in [-0.1, -0.05) is 213 Å². The average molecular weight is 899 g/mol. The van der Waals surface area contributed by atoms with Crippen molar-refractivity contribution in [3.05, 3.63) is 230 Å². The van der Waals surface area contributed by atoms with Crippen LogP contribution in [0.1, 0.15) is 43.2 Å². The highest BCUT2D eigenvalue weighted by Gasteiger charge is 2.36. The molecule has 1 saturated carbocycles. The molecule has 70 heavy (non-hydrogen) atoms. The lowest BCUT2D eigenvalue weighted by molar-refractivity contribution is 0.346. The van der Waals surface area contributed by atoms with E-state index in [-0.39, 0.29) is 5.41 Å². The Morgan fingerprint density at radius 2 is 0.471 bits per heavy atom. The summed E-state index contributed by atoms with van der Waals surface area (Å²) in [7, 11) is 0. The molecular weight excluding hydrogens is 853 g/mol. The van der Waals surface area contributed by atoms with E-state index in [2.05, 4.69) is 218 Å². The van der Waals surface area contributed by atoms with Crippen molar-refractivity contribution in [2.45, 2.75) is 37.5 Å². The first-order valence-electron chi connectivity index (χ1n) is 24.3. The van der Waals surface area contributed by atoms with Gasteiger partial charge in [0.1, 0.15) is 0 Å². The smallest absolute Gasteiger partial charge is 0.164 e. The molecule has 0 atom stereocenters. The lowest BCUT2D eigenvalue weighted by Gasteiger charge is -2.39. The van der Waals surface area contributed by atoms with Crippen LogP contribution in [0.25, 0.3) is 111 Å². The van der Waals surface area contributed by atoms with Crippen molar-refractivity contribution in [1.29, 1.82) is 0 Å². The summed E-state index contributed by atoms with van der Waals surface area (Å²) in [6.07, 6.45) is 5.70. The normalized spacial score (nSPS) is 13.5. The summed E-state index contributed by atoms with van der Waals surface area (Å²) in [5.41, 5.74) is 8.20. The molecule has 0 radical (unpaired) electrons. The summed E-state index contributed by atoms with van der Waals surface area (Å²) in [5, 5.41) is 9.31. The van der Waals surface area contributed by atoms with Gasteiger partial charge in [-0.05, 0) is 91.3 Å². The van der Waals surface area contributed by atoms with E-state index in [1.165, 1.54) is 51.9 Å². The third kappa shape index (κ3) is 7.73. The first-order valence-corrected chi connectivity index (χ1v) is 24.3. The summed E-state index contributed by atoms with van der Waals surface area (Å²) in [6, 6.07) is 77.4. The molecule has 0 bridgehead atoms. The van der Waals surface area contributed by atoms with Crippen LogP contribution in [0, 0.1) is 0 Å². The fraction of sp³-hybridized carbons (Fsp3) is 0.0938. The molecule has 332 valence electrons. The summed E-state index contributed by atoms with van der Waals surface area (Å²) >= 11 is 0. The molecule has 0 N–H and O–H groups in total. The highest BCUT2D eigenvalue weighted by Crippen LogP contribution is 2.46. The highest BCUT2D eigenvalue weighted by molar-refractivity contribution is 5.90. The Kier molecular flexibility index (Phi) is 10.3. The molecule has 0 aliphatic heterocycles. The van der Waals surface area contributed by atoms with E-state index in [9.17, 15) is 0 Å². The Labute approximate surface area is 406 Å². The van der Waals surface area contributed by atoms with E-state index < -0.39 is 0 Å². The topological polar surface area (TPSA) is 77.3 Å². The van der Waals surface area contributed by atoms with Crippen LogP contribution in [0.15, 0.2) is 218 Å². The van der Waals surface area contributed by atoms with Crippen LogP contribution in [0.2, 0.25) is 0 Å². The molecule has 10 aromatic carbocycles. The number of benzene rings is 10. The van der Waals surface area contributed by atoms with Crippen molar-refractivity contribution in [1.82, 2.24) is 29.9 Å². The minimum absolute atomic E-state index is 0.146. The van der Waals surface area contributed by atoms with Gasteiger partial charge < -0.3 is 0 Å². The zero-order valence-electron chi connectivity index (χ0n) is 38.5. The minimum Gasteiger partial charge on any atom is -0.208 e. The maximum absolute atomic E-state index is 5.16. The summed E-state index contributed by atoms with van der Waals surface area (Å²) < 4.78 is 0. The fourth-order valence-electron chi connectivity index (χ4n) is 10.6. The predicted octanol–water partition coefficient (Wildman–Crippen LogP) is 15.9. The lowest BCUT2D eigenvalue weighted by atomic mass is 9.65. The molecule has 6 nitrogen and oxygen atoms in total. The average Bonchev–Trinajstić information content (AvgIpc) is 3.44. The molecule has 2 heterocycles. The summed E-state index contributed by atoms with van der Waals surface area (Å²) in [4.78, 5) is 30.9. The Bertz CT molecular complexity index is 3480. The molecule has 1 aliphatic carbocycles. The van der Waals surface area contributed by atoms with Gasteiger partial charge in [0.05, 0.1) is 0 Å². The number of hydrogen-bond acceptors (Lipinski definition) is 6. The van der Waals surface area contributed by atoms with Gasteiger partial charge in [-0.3, -0.25) is 0 Å². The quantitative estimate of drug-likeness (QED) is 0.151. The SMILES string of the molecule is c1ccc2cc(-c3nc(-c4ccc(C5(c6ccc(-c7nc(-c8ccc9ccccc9c8)nc(-c8ccc9ccccc9c8)n7)cc6)CCCCC5)cc4)nc(-c4ccc5ccccc5c4)n3)ccc2c1. The second kappa shape index (κ2) is 17.4. The monoisotopic (exact) mass is 898 g/mol. The second-order valence-electron chi connectivity index (χ2n) is 18.7. The zero-order valence-corrected chi connectivity index (χ0v) is 38.5. The molecule has 1 aliphatic rings. The molecule has 2 aromatic heterocycles. The van der Waals surface area contributed by atoms with Gasteiger partial charge in [-0.15, -0.1) is 0 Å². The third-order valence-electron chi connectivity index (χ3n) is 14.4. The van der Waals surface area contributed by atoms with E-state index in [4.69, 9.17) is 29.9 Å². The highest BCUT2D eigenvalue weighted by atomic mass is 15.0. The maximum Gasteiger partial charge on any atom is 0.164 e. The van der Waals surface area contributed by atoms with Crippen molar-refractivity contribution >= 4 is 43.1 Å². The van der Waals surface area contributed by atoms with Gasteiger partial charge in [0.25, 0.3) is 0 Å². The second-order valence-corrected chi connectivity index (χ2v) is 18.7. The Morgan fingerprint density at radius 3 is 0.757 bits per heavy atom. The van der Waals surface area contributed by atoms with Crippen molar-refractivity contribution in [3.8, 4) is 68.3 Å². The molecule has 6 heteroatoms. The number of rotatable bonds is 8. The van der Waals surface area contributed by atoms with Crippen molar-refractivity contribution in [2.75, 3.05) is 0 Å². The van der Waals surface area contributed by atoms with Crippen LogP contribution >= 0.6 is 0 Å². The van der Waals surface area contributed by atoms with E-state index in [1.54, 1.807) is 0 Å². The fourth-order valence-corrected chi connectivity index (χ4v) is 10.6. The van der Waals surface area contributed by atoms with Crippen LogP contribution in [0.3, 0.4) is 0 Å². The van der Waals surface area contributed by atoms with Crippen LogP contribution in [-0.2, 0) is 5.41 Å². The van der Waals surface area contributed by atoms with E-state index in [0.717, 1.165) is 67.8 Å². The molecule has 0 amide bonds. The van der Waals surface area contributed by atoms with Gasteiger partial charge in [0, 0.05) is 38.8 Å². The van der Waals surface area contributed by atoms with Crippen LogP contribution < -0.4 is 0 Å². The number of fused-ring (bicyclic) bond motifs is 4. The predicted molar refractivity (Wildman–Crippen MR) is 286 cm³/mol. The Morgan fingerprint density at radius 1 is 0.229 bits per heavy atom. The first-order chi connectivity index (χ1) is 34.6. The number of hydrogen-bond donors (Lipinski definition) is 0. The molecule has 0 unspecified atom stereocenters. The Hall–Kier alpha value is -8.74. The lowest BCUT2D eigenvalue weighted by Crippen LogP contribution is -2.30. The van der Waals surface area contributed by atoms with E-state index >= 15 is 0 Å². The molecule has 13 rings (SSSR count). The summed E-state index contributed by atoms with van der Waals surface area (Å²) in [5.74, 6) is 3.91. The largest absolute Gasteiger partial charge is 0.208 e. The first kappa shape index (κ1) is 41.4. The van der Waals surface area contributed by atoms with Gasteiger partial charge in [0.2, 0.25) is 0 Å². The van der Waals surface area contributed by atoms with Crippen molar-refractivity contribution in [3.63, 3.8) is 0 Å². The Balaban J connectivity index is 0.870. The van der Waals surface area contributed by atoms with Gasteiger partial charge in [-0.25, -0.2) is 29.9 Å². The van der Waals surface area contributed by atoms with Crippen LogP contribution in [0.5, 0.6) is 0 Å².